The molecule has 0 fully saturated rings. The van der Waals surface area contributed by atoms with Gasteiger partial charge in [-0.3, -0.25) is 5.01 Å². The lowest BCUT2D eigenvalue weighted by molar-refractivity contribution is 0.270. The van der Waals surface area contributed by atoms with E-state index < -0.39 is 0 Å². The smallest absolute Gasteiger partial charge is 0.0599 e. The maximum Gasteiger partial charge on any atom is 0.0599 e. The molecule has 0 aromatic rings. The Kier molecular flexibility index (Phi) is 4.47. The van der Waals surface area contributed by atoms with Crippen LogP contribution in [-0.4, -0.2) is 18.1 Å². The van der Waals surface area contributed by atoms with Gasteiger partial charge in [-0.2, -0.15) is 0 Å². The quantitative estimate of drug-likeness (QED) is 0.365. The topological polar surface area (TPSA) is 28.0 Å². The van der Waals surface area contributed by atoms with Gasteiger partial charge in [-0.1, -0.05) is 16.3 Å². The van der Waals surface area contributed by atoms with Crippen LogP contribution in [0.2, 0.25) is 0 Å². The van der Waals surface area contributed by atoms with Crippen molar-refractivity contribution < 1.29 is 0 Å². The molecule has 0 N–H and O–H groups in total. The van der Waals surface area contributed by atoms with Gasteiger partial charge >= 0.3 is 0 Å². The van der Waals surface area contributed by atoms with Gasteiger partial charge in [0.25, 0.3) is 0 Å². The molecule has 0 aliphatic rings. The molecule has 0 aliphatic carbocycles. The van der Waals surface area contributed by atoms with Crippen molar-refractivity contribution >= 4 is 0 Å². The lowest BCUT2D eigenvalue weighted by Gasteiger charge is -2.13. The first-order valence-electron chi connectivity index (χ1n) is 4.48. The van der Waals surface area contributed by atoms with Crippen LogP contribution in [0.25, 0.3) is 0 Å². The van der Waals surface area contributed by atoms with Crippen molar-refractivity contribution in [2.45, 2.75) is 40.7 Å². The number of nitrogens with zero attached hydrogens (tertiary/aromatic N) is 3. The van der Waals surface area contributed by atoms with Crippen molar-refractivity contribution in [1.29, 1.82) is 0 Å². The number of hydrogen-bond acceptors (Lipinski definition) is 2. The molecule has 0 aromatic carbocycles. The van der Waals surface area contributed by atoms with Crippen molar-refractivity contribution in [1.82, 2.24) is 5.01 Å². The van der Waals surface area contributed by atoms with Crippen LogP contribution in [0.3, 0.4) is 0 Å². The molecule has 13 heavy (non-hydrogen) atoms. The summed E-state index contributed by atoms with van der Waals surface area (Å²) < 4.78 is 0. The van der Waals surface area contributed by atoms with Crippen LogP contribution in [0.15, 0.2) is 10.3 Å². The summed E-state index contributed by atoms with van der Waals surface area (Å²) in [4.78, 5) is 0. The average molecular weight is 181 g/mol. The second-order valence-electron chi connectivity index (χ2n) is 4.34. The third-order valence-electron chi connectivity index (χ3n) is 1.41. The van der Waals surface area contributed by atoms with E-state index in [0.717, 1.165) is 0 Å². The van der Waals surface area contributed by atoms with Crippen molar-refractivity contribution in [3.05, 3.63) is 0 Å². The Labute approximate surface area is 81.2 Å². The van der Waals surface area contributed by atoms with Crippen molar-refractivity contribution in [2.24, 2.45) is 15.8 Å². The van der Waals surface area contributed by atoms with E-state index in [1.165, 1.54) is 0 Å². The molecule has 3 heteroatoms. The van der Waals surface area contributed by atoms with Crippen LogP contribution in [0, 0.1) is 17.4 Å². The summed E-state index contributed by atoms with van der Waals surface area (Å²) >= 11 is 0. The predicted molar refractivity (Wildman–Crippen MR) is 55.0 cm³/mol. The van der Waals surface area contributed by atoms with Gasteiger partial charge in [0.2, 0.25) is 0 Å². The fourth-order valence-electron chi connectivity index (χ4n) is 0.389. The lowest BCUT2D eigenvalue weighted by Crippen LogP contribution is -2.19. The van der Waals surface area contributed by atoms with E-state index in [-0.39, 0.29) is 5.41 Å². The minimum atomic E-state index is -0.00454. The Morgan fingerprint density at radius 1 is 1.23 bits per heavy atom. The van der Waals surface area contributed by atoms with Gasteiger partial charge in [-0.25, -0.2) is 0 Å². The molecule has 0 unspecified atom stereocenters. The van der Waals surface area contributed by atoms with Gasteiger partial charge < -0.3 is 0 Å². The highest BCUT2D eigenvalue weighted by Gasteiger charge is 2.03. The van der Waals surface area contributed by atoms with E-state index in [1.807, 2.05) is 27.8 Å². The van der Waals surface area contributed by atoms with Gasteiger partial charge in [-0.05, 0) is 34.6 Å². The molecule has 0 spiro atoms. The minimum Gasteiger partial charge on any atom is -0.278 e. The van der Waals surface area contributed by atoms with Crippen molar-refractivity contribution in [3.63, 3.8) is 0 Å². The van der Waals surface area contributed by atoms with Crippen LogP contribution in [-0.2, 0) is 0 Å². The Bertz CT molecular complexity index is 225. The molecule has 0 heterocycles. The van der Waals surface area contributed by atoms with E-state index in [2.05, 4.69) is 36.1 Å². The first-order valence-corrected chi connectivity index (χ1v) is 4.48. The summed E-state index contributed by atoms with van der Waals surface area (Å²) in [5.74, 6) is 2.98. The molecule has 0 saturated carbocycles. The Balaban J connectivity index is 4.06. The highest BCUT2D eigenvalue weighted by Crippen LogP contribution is 2.09. The number of rotatable bonds is 2. The van der Waals surface area contributed by atoms with Crippen LogP contribution >= 0.6 is 0 Å². The van der Waals surface area contributed by atoms with E-state index in [1.54, 1.807) is 5.01 Å². The van der Waals surface area contributed by atoms with E-state index >= 15 is 0 Å². The highest BCUT2D eigenvalue weighted by atomic mass is 15.5. The van der Waals surface area contributed by atoms with E-state index in [0.29, 0.717) is 6.04 Å². The Morgan fingerprint density at radius 3 is 2.15 bits per heavy atom. The second kappa shape index (κ2) is 4.86. The van der Waals surface area contributed by atoms with Crippen LogP contribution in [0.5, 0.6) is 0 Å². The molecule has 74 valence electrons. The maximum atomic E-state index is 3.91. The summed E-state index contributed by atoms with van der Waals surface area (Å²) in [6, 6.07) is 3.04. The van der Waals surface area contributed by atoms with Gasteiger partial charge in [0.15, 0.2) is 0 Å². The lowest BCUT2D eigenvalue weighted by atomic mass is 9.99. The predicted octanol–water partition coefficient (Wildman–Crippen LogP) is 2.70. The first-order chi connectivity index (χ1) is 5.83. The van der Waals surface area contributed by atoms with Gasteiger partial charge in [-0.15, -0.1) is 0 Å². The normalized spacial score (nSPS) is 11.6. The summed E-state index contributed by atoms with van der Waals surface area (Å²) in [7, 11) is 1.88. The maximum absolute atomic E-state index is 3.91. The van der Waals surface area contributed by atoms with Gasteiger partial charge in [0, 0.05) is 18.5 Å². The Hall–Kier alpha value is -1.04. The molecule has 0 radical (unpaired) electrons. The fraction of sp³-hybridized carbons (Fsp3) is 0.800. The highest BCUT2D eigenvalue weighted by molar-refractivity contribution is 5.05. The van der Waals surface area contributed by atoms with Crippen molar-refractivity contribution in [3.8, 4) is 12.0 Å². The molecule has 0 aliphatic heterocycles. The third-order valence-corrected chi connectivity index (χ3v) is 1.41. The molecular formula is C10H19N3. The summed E-state index contributed by atoms with van der Waals surface area (Å²) in [5, 5.41) is 9.45. The first kappa shape index (κ1) is 12.0. The van der Waals surface area contributed by atoms with E-state index in [9.17, 15) is 0 Å². The zero-order chi connectivity index (χ0) is 10.5. The van der Waals surface area contributed by atoms with Gasteiger partial charge in [0.1, 0.15) is 0 Å². The van der Waals surface area contributed by atoms with E-state index in [4.69, 9.17) is 0 Å². The fourth-order valence-corrected chi connectivity index (χ4v) is 0.389. The zero-order valence-corrected chi connectivity index (χ0v) is 9.42. The minimum absolute atomic E-state index is 0.00454. The molecule has 0 saturated heterocycles. The Morgan fingerprint density at radius 2 is 1.77 bits per heavy atom. The summed E-state index contributed by atoms with van der Waals surface area (Å²) in [5.41, 5.74) is -0.00454. The van der Waals surface area contributed by atoms with Crippen molar-refractivity contribution in [2.75, 3.05) is 7.05 Å². The molecule has 0 rings (SSSR count). The monoisotopic (exact) mass is 181 g/mol. The zero-order valence-electron chi connectivity index (χ0n) is 9.42. The van der Waals surface area contributed by atoms with Crippen LogP contribution in [0.1, 0.15) is 34.6 Å². The van der Waals surface area contributed by atoms with Crippen LogP contribution < -0.4 is 0 Å². The second-order valence-corrected chi connectivity index (χ2v) is 4.34. The van der Waals surface area contributed by atoms with Crippen LogP contribution in [0.4, 0.5) is 0 Å². The third kappa shape index (κ3) is 7.32. The molecule has 0 amide bonds. The summed E-state index contributed by atoms with van der Waals surface area (Å²) in [6.07, 6.45) is 0. The molecule has 0 aromatic heterocycles. The molecule has 3 nitrogen and oxygen atoms in total. The largest absolute Gasteiger partial charge is 0.278 e. The molecule has 0 atom stereocenters. The molecular weight excluding hydrogens is 162 g/mol. The average Bonchev–Trinajstić information content (AvgIpc) is 1.95. The standard InChI is InChI=1S/C10H19N3/c1-9(2)13(6)12-11-8-7-10(3,4)5/h9H,1-6H3. The summed E-state index contributed by atoms with van der Waals surface area (Å²) in [6.45, 7) is 10.2. The molecule has 0 bridgehead atoms. The van der Waals surface area contributed by atoms with Gasteiger partial charge in [0.05, 0.1) is 6.04 Å². The SMILES string of the molecule is CC(C)N(C)N=NC#CC(C)(C)C. The number of hydrogen-bond donors (Lipinski definition) is 0.